The summed E-state index contributed by atoms with van der Waals surface area (Å²) in [5, 5.41) is 7.74. The molecule has 3 aromatic rings. The number of carbonyl (C=O) groups excluding carboxylic acids is 2. The lowest BCUT2D eigenvalue weighted by Gasteiger charge is -2.32. The van der Waals surface area contributed by atoms with Gasteiger partial charge < -0.3 is 10.2 Å². The van der Waals surface area contributed by atoms with Crippen LogP contribution in [0.3, 0.4) is 0 Å². The Kier molecular flexibility index (Phi) is 5.28. The van der Waals surface area contributed by atoms with E-state index < -0.39 is 0 Å². The lowest BCUT2D eigenvalue weighted by molar-refractivity contribution is -0.121. The average molecular weight is 415 g/mol. The highest BCUT2D eigenvalue weighted by atomic mass is 16.2. The molecule has 2 aliphatic rings. The van der Waals surface area contributed by atoms with Crippen molar-refractivity contribution in [1.82, 2.24) is 14.7 Å². The topological polar surface area (TPSA) is 67.2 Å². The minimum atomic E-state index is -0.214. The zero-order valence-electron chi connectivity index (χ0n) is 17.4. The van der Waals surface area contributed by atoms with Crippen LogP contribution in [0.4, 0.5) is 5.69 Å². The summed E-state index contributed by atoms with van der Waals surface area (Å²) >= 11 is 0. The molecule has 0 radical (unpaired) electrons. The number of anilines is 1. The Morgan fingerprint density at radius 1 is 0.935 bits per heavy atom. The van der Waals surface area contributed by atoms with Crippen molar-refractivity contribution >= 4 is 17.5 Å². The molecule has 1 N–H and O–H groups in total. The fourth-order valence-electron chi connectivity index (χ4n) is 4.20. The van der Waals surface area contributed by atoms with Crippen molar-refractivity contribution in [2.45, 2.75) is 31.6 Å². The molecular formula is C25H26N4O2. The number of amides is 2. The van der Waals surface area contributed by atoms with Gasteiger partial charge in [-0.2, -0.15) is 5.10 Å². The summed E-state index contributed by atoms with van der Waals surface area (Å²) in [6.07, 6.45) is 3.86. The Morgan fingerprint density at radius 3 is 2.35 bits per heavy atom. The van der Waals surface area contributed by atoms with Gasteiger partial charge in [0.15, 0.2) is 0 Å². The third-order valence-electron chi connectivity index (χ3n) is 6.06. The van der Waals surface area contributed by atoms with Gasteiger partial charge >= 0.3 is 0 Å². The number of hydrogen-bond acceptors (Lipinski definition) is 3. The molecule has 6 nitrogen and oxygen atoms in total. The van der Waals surface area contributed by atoms with Gasteiger partial charge in [-0.05, 0) is 56.0 Å². The summed E-state index contributed by atoms with van der Waals surface area (Å²) in [5.74, 6) is 0.163. The Balaban J connectivity index is 1.35. The summed E-state index contributed by atoms with van der Waals surface area (Å²) in [6.45, 7) is 1.09. The fourth-order valence-corrected chi connectivity index (χ4v) is 4.20. The number of carbonyl (C=O) groups is 2. The molecule has 2 fully saturated rings. The molecule has 1 unspecified atom stereocenters. The quantitative estimate of drug-likeness (QED) is 0.679. The number of aromatic nitrogens is 2. The second kappa shape index (κ2) is 8.38. The van der Waals surface area contributed by atoms with E-state index in [4.69, 9.17) is 5.10 Å². The second-order valence-electron chi connectivity index (χ2n) is 8.42. The highest BCUT2D eigenvalue weighted by Crippen LogP contribution is 2.40. The number of nitrogens with zero attached hydrogens (tertiary/aromatic N) is 3. The summed E-state index contributed by atoms with van der Waals surface area (Å²) in [4.78, 5) is 28.1. The van der Waals surface area contributed by atoms with E-state index in [2.05, 4.69) is 5.32 Å². The van der Waals surface area contributed by atoms with Crippen LogP contribution in [0.1, 0.15) is 47.8 Å². The van der Waals surface area contributed by atoms with Gasteiger partial charge in [0.2, 0.25) is 5.91 Å². The summed E-state index contributed by atoms with van der Waals surface area (Å²) in [6, 6.07) is 21.2. The zero-order valence-corrected chi connectivity index (χ0v) is 17.4. The first-order valence-corrected chi connectivity index (χ1v) is 11.0. The fraction of sp³-hybridized carbons (Fsp3) is 0.320. The molecule has 1 atom stereocenters. The van der Waals surface area contributed by atoms with Crippen molar-refractivity contribution in [1.29, 1.82) is 0 Å². The maximum atomic E-state index is 13.5. The van der Waals surface area contributed by atoms with E-state index in [0.717, 1.165) is 42.8 Å². The molecule has 5 rings (SSSR count). The zero-order chi connectivity index (χ0) is 21.2. The molecule has 2 amide bonds. The molecule has 2 aromatic carbocycles. The van der Waals surface area contributed by atoms with Crippen molar-refractivity contribution in [2.24, 2.45) is 5.92 Å². The van der Waals surface area contributed by atoms with Crippen LogP contribution in [-0.4, -0.2) is 39.6 Å². The number of piperidine rings is 1. The van der Waals surface area contributed by atoms with Crippen LogP contribution in [0.15, 0.2) is 66.7 Å². The minimum absolute atomic E-state index is 0.0288. The van der Waals surface area contributed by atoms with Crippen LogP contribution in [0.25, 0.3) is 5.69 Å². The standard InChI is InChI=1S/C25H26N4O2/c30-24(26-20-9-3-1-4-10-20)19-8-7-15-28(17-19)25(31)23-16-22(18-13-14-18)27-29(23)21-11-5-2-6-12-21/h1-6,9-12,16,18-19H,7-8,13-15,17H2,(H,26,30). The van der Waals surface area contributed by atoms with E-state index in [1.807, 2.05) is 71.6 Å². The minimum Gasteiger partial charge on any atom is -0.337 e. The Bertz CT molecular complexity index is 1070. The van der Waals surface area contributed by atoms with Crippen molar-refractivity contribution < 1.29 is 9.59 Å². The first-order chi connectivity index (χ1) is 15.2. The predicted octanol–water partition coefficient (Wildman–Crippen LogP) is 4.24. The van der Waals surface area contributed by atoms with Gasteiger partial charge in [0.25, 0.3) is 5.91 Å². The van der Waals surface area contributed by atoms with Crippen molar-refractivity contribution in [2.75, 3.05) is 18.4 Å². The molecule has 158 valence electrons. The van der Waals surface area contributed by atoms with E-state index in [-0.39, 0.29) is 17.7 Å². The van der Waals surface area contributed by atoms with Gasteiger partial charge in [-0.25, -0.2) is 4.68 Å². The highest BCUT2D eigenvalue weighted by Gasteiger charge is 2.33. The Labute approximate surface area is 181 Å². The third kappa shape index (κ3) is 4.24. The molecule has 2 heterocycles. The van der Waals surface area contributed by atoms with E-state index in [0.29, 0.717) is 24.7 Å². The predicted molar refractivity (Wildman–Crippen MR) is 119 cm³/mol. The maximum Gasteiger partial charge on any atom is 0.272 e. The van der Waals surface area contributed by atoms with Crippen molar-refractivity contribution in [3.05, 3.63) is 78.1 Å². The number of nitrogens with one attached hydrogen (secondary N) is 1. The number of para-hydroxylation sites is 2. The lowest BCUT2D eigenvalue weighted by atomic mass is 9.96. The molecule has 0 bridgehead atoms. The largest absolute Gasteiger partial charge is 0.337 e. The number of rotatable bonds is 5. The van der Waals surface area contributed by atoms with E-state index >= 15 is 0 Å². The summed E-state index contributed by atoms with van der Waals surface area (Å²) in [5.41, 5.74) is 3.24. The molecule has 0 spiro atoms. The molecule has 1 saturated carbocycles. The van der Waals surface area contributed by atoms with Gasteiger partial charge in [-0.3, -0.25) is 9.59 Å². The molecule has 6 heteroatoms. The molecule has 1 aliphatic heterocycles. The normalized spacial score (nSPS) is 18.6. The van der Waals surface area contributed by atoms with E-state index in [1.165, 1.54) is 0 Å². The third-order valence-corrected chi connectivity index (χ3v) is 6.06. The van der Waals surface area contributed by atoms with Crippen LogP contribution < -0.4 is 5.32 Å². The van der Waals surface area contributed by atoms with Crippen molar-refractivity contribution in [3.63, 3.8) is 0 Å². The summed E-state index contributed by atoms with van der Waals surface area (Å²) < 4.78 is 1.77. The second-order valence-corrected chi connectivity index (χ2v) is 8.42. The van der Waals surface area contributed by atoms with E-state index in [1.54, 1.807) is 4.68 Å². The van der Waals surface area contributed by atoms with Crippen LogP contribution in [0, 0.1) is 5.92 Å². The number of benzene rings is 2. The molecule has 1 aliphatic carbocycles. The first-order valence-electron chi connectivity index (χ1n) is 11.0. The lowest BCUT2D eigenvalue weighted by Crippen LogP contribution is -2.44. The van der Waals surface area contributed by atoms with Crippen LogP contribution in [0.5, 0.6) is 0 Å². The van der Waals surface area contributed by atoms with Crippen LogP contribution >= 0.6 is 0 Å². The van der Waals surface area contributed by atoms with Gasteiger partial charge in [-0.1, -0.05) is 36.4 Å². The van der Waals surface area contributed by atoms with Gasteiger partial charge in [0.1, 0.15) is 5.69 Å². The maximum absolute atomic E-state index is 13.5. The number of likely N-dealkylation sites (tertiary alicyclic amines) is 1. The van der Waals surface area contributed by atoms with Gasteiger partial charge in [0.05, 0.1) is 17.3 Å². The molecule has 1 saturated heterocycles. The van der Waals surface area contributed by atoms with Crippen LogP contribution in [0.2, 0.25) is 0 Å². The number of hydrogen-bond donors (Lipinski definition) is 1. The monoisotopic (exact) mass is 414 g/mol. The van der Waals surface area contributed by atoms with Gasteiger partial charge in [-0.15, -0.1) is 0 Å². The molecular weight excluding hydrogens is 388 g/mol. The summed E-state index contributed by atoms with van der Waals surface area (Å²) in [7, 11) is 0. The van der Waals surface area contributed by atoms with Crippen LogP contribution in [-0.2, 0) is 4.79 Å². The molecule has 31 heavy (non-hydrogen) atoms. The average Bonchev–Trinajstić information content (AvgIpc) is 3.58. The Morgan fingerprint density at radius 2 is 1.65 bits per heavy atom. The van der Waals surface area contributed by atoms with Crippen molar-refractivity contribution in [3.8, 4) is 5.69 Å². The van der Waals surface area contributed by atoms with Gasteiger partial charge in [0, 0.05) is 24.7 Å². The highest BCUT2D eigenvalue weighted by molar-refractivity contribution is 5.96. The SMILES string of the molecule is O=C(Nc1ccccc1)C1CCCN(C(=O)c2cc(C3CC3)nn2-c2ccccc2)C1. The molecule has 1 aromatic heterocycles. The first kappa shape index (κ1) is 19.5. The Hall–Kier alpha value is -3.41. The smallest absolute Gasteiger partial charge is 0.272 e. The van der Waals surface area contributed by atoms with E-state index in [9.17, 15) is 9.59 Å².